The second-order valence-electron chi connectivity index (χ2n) is 2.42. The first-order chi connectivity index (χ1) is 6.34. The van der Waals surface area contributed by atoms with Crippen LogP contribution in [0.4, 0.5) is 5.69 Å². The van der Waals surface area contributed by atoms with E-state index in [1.807, 2.05) is 24.3 Å². The maximum absolute atomic E-state index is 5.70. The standard InChI is InChI=1S/C9H13N3S/c10-5-1-2-7-13-9-8(11)4-3-6-12-9/h1-4,6H,5,7,10-11H2/b2-1+. The Bertz CT molecular complexity index is 286. The van der Waals surface area contributed by atoms with E-state index in [-0.39, 0.29) is 0 Å². The lowest BCUT2D eigenvalue weighted by Crippen LogP contribution is -1.93. The van der Waals surface area contributed by atoms with Gasteiger partial charge in [-0.3, -0.25) is 0 Å². The summed E-state index contributed by atoms with van der Waals surface area (Å²) in [6.45, 7) is 0.582. The fourth-order valence-corrected chi connectivity index (χ4v) is 1.58. The number of anilines is 1. The number of nitrogens with zero attached hydrogens (tertiary/aromatic N) is 1. The van der Waals surface area contributed by atoms with Gasteiger partial charge in [-0.25, -0.2) is 4.98 Å². The fraction of sp³-hybridized carbons (Fsp3) is 0.222. The van der Waals surface area contributed by atoms with Gasteiger partial charge in [0, 0.05) is 18.5 Å². The fourth-order valence-electron chi connectivity index (χ4n) is 0.815. The summed E-state index contributed by atoms with van der Waals surface area (Å²) in [6.07, 6.45) is 5.68. The van der Waals surface area contributed by atoms with Crippen LogP contribution in [0.15, 0.2) is 35.5 Å². The van der Waals surface area contributed by atoms with Crippen molar-refractivity contribution in [3.63, 3.8) is 0 Å². The first kappa shape index (κ1) is 10.1. The monoisotopic (exact) mass is 195 g/mol. The molecule has 0 aliphatic carbocycles. The summed E-state index contributed by atoms with van der Waals surface area (Å²) >= 11 is 1.61. The van der Waals surface area contributed by atoms with Crippen molar-refractivity contribution in [2.24, 2.45) is 5.73 Å². The minimum Gasteiger partial charge on any atom is -0.397 e. The van der Waals surface area contributed by atoms with Crippen LogP contribution in [-0.2, 0) is 0 Å². The lowest BCUT2D eigenvalue weighted by atomic mass is 10.4. The average molecular weight is 195 g/mol. The lowest BCUT2D eigenvalue weighted by Gasteiger charge is -2.00. The number of pyridine rings is 1. The summed E-state index contributed by atoms with van der Waals surface area (Å²) in [5.74, 6) is 0.860. The largest absolute Gasteiger partial charge is 0.397 e. The summed E-state index contributed by atoms with van der Waals surface area (Å²) in [6, 6.07) is 3.68. The highest BCUT2D eigenvalue weighted by atomic mass is 32.2. The van der Waals surface area contributed by atoms with Crippen LogP contribution < -0.4 is 11.5 Å². The van der Waals surface area contributed by atoms with Crippen molar-refractivity contribution in [2.45, 2.75) is 5.03 Å². The molecule has 0 unspecified atom stereocenters. The van der Waals surface area contributed by atoms with Gasteiger partial charge >= 0.3 is 0 Å². The predicted octanol–water partition coefficient (Wildman–Crippen LogP) is 1.27. The zero-order valence-electron chi connectivity index (χ0n) is 7.31. The Morgan fingerprint density at radius 1 is 1.46 bits per heavy atom. The number of thioether (sulfide) groups is 1. The summed E-state index contributed by atoms with van der Waals surface area (Å²) in [7, 11) is 0. The van der Waals surface area contributed by atoms with Gasteiger partial charge in [0.1, 0.15) is 5.03 Å². The van der Waals surface area contributed by atoms with Crippen molar-refractivity contribution in [3.8, 4) is 0 Å². The van der Waals surface area contributed by atoms with E-state index in [9.17, 15) is 0 Å². The van der Waals surface area contributed by atoms with Crippen LogP contribution in [0.2, 0.25) is 0 Å². The van der Waals surface area contributed by atoms with Gasteiger partial charge in [-0.15, -0.1) is 11.8 Å². The second-order valence-corrected chi connectivity index (χ2v) is 3.42. The van der Waals surface area contributed by atoms with Gasteiger partial charge in [0.15, 0.2) is 0 Å². The quantitative estimate of drug-likeness (QED) is 0.561. The van der Waals surface area contributed by atoms with E-state index < -0.39 is 0 Å². The molecule has 1 rings (SSSR count). The molecule has 1 aromatic rings. The topological polar surface area (TPSA) is 64.9 Å². The highest BCUT2D eigenvalue weighted by Gasteiger charge is 1.96. The van der Waals surface area contributed by atoms with Crippen LogP contribution in [0.1, 0.15) is 0 Å². The van der Waals surface area contributed by atoms with Gasteiger partial charge in [0.05, 0.1) is 5.69 Å². The molecule has 0 saturated carbocycles. The molecule has 0 bridgehead atoms. The second kappa shape index (κ2) is 5.61. The molecule has 0 saturated heterocycles. The van der Waals surface area contributed by atoms with E-state index in [1.165, 1.54) is 0 Å². The summed E-state index contributed by atoms with van der Waals surface area (Å²) in [4.78, 5) is 4.15. The molecular weight excluding hydrogens is 182 g/mol. The van der Waals surface area contributed by atoms with Crippen molar-refractivity contribution in [3.05, 3.63) is 30.5 Å². The molecule has 0 radical (unpaired) electrons. The van der Waals surface area contributed by atoms with Crippen molar-refractivity contribution in [2.75, 3.05) is 18.0 Å². The molecule has 13 heavy (non-hydrogen) atoms. The number of hydrogen-bond acceptors (Lipinski definition) is 4. The first-order valence-electron chi connectivity index (χ1n) is 4.03. The molecule has 0 atom stereocenters. The third-order valence-electron chi connectivity index (χ3n) is 1.42. The predicted molar refractivity (Wildman–Crippen MR) is 57.6 cm³/mol. The van der Waals surface area contributed by atoms with Crippen molar-refractivity contribution < 1.29 is 0 Å². The Balaban J connectivity index is 2.45. The van der Waals surface area contributed by atoms with Gasteiger partial charge in [0.2, 0.25) is 0 Å². The highest BCUT2D eigenvalue weighted by molar-refractivity contribution is 7.99. The smallest absolute Gasteiger partial charge is 0.119 e. The van der Waals surface area contributed by atoms with Gasteiger partial charge in [0.25, 0.3) is 0 Å². The molecule has 4 N–H and O–H groups in total. The zero-order chi connectivity index (χ0) is 9.52. The van der Waals surface area contributed by atoms with Crippen molar-refractivity contribution in [1.82, 2.24) is 4.98 Å². The van der Waals surface area contributed by atoms with Crippen molar-refractivity contribution in [1.29, 1.82) is 0 Å². The Morgan fingerprint density at radius 2 is 2.31 bits per heavy atom. The molecule has 0 spiro atoms. The number of aromatic nitrogens is 1. The van der Waals surface area contributed by atoms with Crippen LogP contribution in [0.5, 0.6) is 0 Å². The SMILES string of the molecule is NC/C=C/CSc1ncccc1N. The van der Waals surface area contributed by atoms with E-state index in [1.54, 1.807) is 18.0 Å². The van der Waals surface area contributed by atoms with Gasteiger partial charge < -0.3 is 11.5 Å². The van der Waals surface area contributed by atoms with E-state index >= 15 is 0 Å². The summed E-state index contributed by atoms with van der Waals surface area (Å²) in [5.41, 5.74) is 11.7. The lowest BCUT2D eigenvalue weighted by molar-refractivity contribution is 1.14. The third kappa shape index (κ3) is 3.48. The van der Waals surface area contributed by atoms with Crippen LogP contribution in [0, 0.1) is 0 Å². The Morgan fingerprint density at radius 3 is 3.00 bits per heavy atom. The number of nitrogen functional groups attached to an aromatic ring is 1. The molecule has 3 nitrogen and oxygen atoms in total. The van der Waals surface area contributed by atoms with E-state index in [4.69, 9.17) is 11.5 Å². The van der Waals surface area contributed by atoms with E-state index in [0.29, 0.717) is 6.54 Å². The summed E-state index contributed by atoms with van der Waals surface area (Å²) < 4.78 is 0. The van der Waals surface area contributed by atoms with E-state index in [2.05, 4.69) is 4.98 Å². The first-order valence-corrected chi connectivity index (χ1v) is 5.01. The van der Waals surface area contributed by atoms with Gasteiger partial charge in [-0.05, 0) is 12.1 Å². The Hall–Kier alpha value is -1.00. The molecule has 1 aromatic heterocycles. The maximum atomic E-state index is 5.70. The minimum atomic E-state index is 0.582. The van der Waals surface area contributed by atoms with E-state index in [0.717, 1.165) is 16.5 Å². The molecule has 70 valence electrons. The number of nitrogens with two attached hydrogens (primary N) is 2. The van der Waals surface area contributed by atoms with Gasteiger partial charge in [-0.1, -0.05) is 12.2 Å². The molecule has 0 aliphatic heterocycles. The highest BCUT2D eigenvalue weighted by Crippen LogP contribution is 2.21. The van der Waals surface area contributed by atoms with Crippen LogP contribution in [-0.4, -0.2) is 17.3 Å². The molecule has 0 aromatic carbocycles. The molecule has 0 fully saturated rings. The van der Waals surface area contributed by atoms with Crippen molar-refractivity contribution >= 4 is 17.4 Å². The van der Waals surface area contributed by atoms with Crippen LogP contribution in [0.3, 0.4) is 0 Å². The van der Waals surface area contributed by atoms with Gasteiger partial charge in [-0.2, -0.15) is 0 Å². The normalized spacial score (nSPS) is 10.8. The molecule has 1 heterocycles. The molecule has 0 amide bonds. The summed E-state index contributed by atoms with van der Waals surface area (Å²) in [5, 5.41) is 0.879. The number of hydrogen-bond donors (Lipinski definition) is 2. The molecule has 0 aliphatic rings. The minimum absolute atomic E-state index is 0.582. The zero-order valence-corrected chi connectivity index (χ0v) is 8.13. The third-order valence-corrected chi connectivity index (χ3v) is 2.39. The molecule has 4 heteroatoms. The Kier molecular flexibility index (Phi) is 4.35. The van der Waals surface area contributed by atoms with Crippen LogP contribution in [0.25, 0.3) is 0 Å². The molecular formula is C9H13N3S. The van der Waals surface area contributed by atoms with Crippen LogP contribution >= 0.6 is 11.8 Å². The average Bonchev–Trinajstić information content (AvgIpc) is 2.15. The Labute approximate surface area is 82.2 Å². The number of rotatable bonds is 4. The maximum Gasteiger partial charge on any atom is 0.119 e.